The topological polar surface area (TPSA) is 73.0 Å². The van der Waals surface area contributed by atoms with Crippen LogP contribution in [0.5, 0.6) is 0 Å². The van der Waals surface area contributed by atoms with Crippen molar-refractivity contribution < 1.29 is 14.4 Å². The van der Waals surface area contributed by atoms with E-state index in [1.54, 1.807) is 4.90 Å². The number of piperidine rings is 1. The summed E-state index contributed by atoms with van der Waals surface area (Å²) in [5, 5.41) is 2.37. The smallest absolute Gasteiger partial charge is 0.255 e. The first-order valence-corrected chi connectivity index (χ1v) is 15.5. The molecule has 0 spiro atoms. The molecule has 1 unspecified atom stereocenters. The second-order valence-corrected chi connectivity index (χ2v) is 12.0. The molecular formula is C37H36N4O3. The van der Waals surface area contributed by atoms with Crippen molar-refractivity contribution in [3.63, 3.8) is 0 Å². The van der Waals surface area contributed by atoms with Gasteiger partial charge in [0.05, 0.1) is 6.04 Å². The van der Waals surface area contributed by atoms with Crippen LogP contribution in [0.2, 0.25) is 0 Å². The van der Waals surface area contributed by atoms with Crippen LogP contribution < -0.4 is 5.32 Å². The number of carbonyl (C=O) groups excluding carboxylic acids is 3. The first kappa shape index (κ1) is 28.2. The number of benzene rings is 4. The van der Waals surface area contributed by atoms with Gasteiger partial charge in [0.15, 0.2) is 0 Å². The maximum absolute atomic E-state index is 13.1. The molecule has 7 nitrogen and oxygen atoms in total. The molecule has 7 rings (SSSR count). The highest BCUT2D eigenvalue weighted by molar-refractivity contribution is 6.05. The molecule has 44 heavy (non-hydrogen) atoms. The van der Waals surface area contributed by atoms with Crippen molar-refractivity contribution in [2.24, 2.45) is 0 Å². The number of rotatable bonds is 7. The summed E-state index contributed by atoms with van der Waals surface area (Å²) in [5.74, 6) is -0.801. The molecule has 3 aliphatic heterocycles. The highest BCUT2D eigenvalue weighted by atomic mass is 16.2. The predicted octanol–water partition coefficient (Wildman–Crippen LogP) is 5.02. The molecule has 0 aromatic heterocycles. The van der Waals surface area contributed by atoms with Crippen LogP contribution in [0.3, 0.4) is 0 Å². The number of hydrogen-bond acceptors (Lipinski definition) is 5. The summed E-state index contributed by atoms with van der Waals surface area (Å²) in [6, 6.07) is 35.9. The second-order valence-electron chi connectivity index (χ2n) is 12.0. The Morgan fingerprint density at radius 1 is 0.727 bits per heavy atom. The van der Waals surface area contributed by atoms with Gasteiger partial charge in [-0.3, -0.25) is 29.5 Å². The molecule has 222 valence electrons. The fourth-order valence-corrected chi connectivity index (χ4v) is 6.88. The lowest BCUT2D eigenvalue weighted by Crippen LogP contribution is -2.52. The van der Waals surface area contributed by atoms with Crippen LogP contribution >= 0.6 is 0 Å². The zero-order chi connectivity index (χ0) is 30.0. The number of imide groups is 1. The Morgan fingerprint density at radius 3 is 2.00 bits per heavy atom. The van der Waals surface area contributed by atoms with Gasteiger partial charge >= 0.3 is 0 Å². The molecule has 0 bridgehead atoms. The largest absolute Gasteiger partial charge is 0.322 e. The number of carbonyl (C=O) groups is 3. The highest BCUT2D eigenvalue weighted by Crippen LogP contribution is 2.32. The molecule has 7 heteroatoms. The molecule has 2 saturated heterocycles. The fourth-order valence-electron chi connectivity index (χ4n) is 6.88. The normalized spacial score (nSPS) is 19.3. The summed E-state index contributed by atoms with van der Waals surface area (Å²) in [7, 11) is 0. The van der Waals surface area contributed by atoms with E-state index < -0.39 is 6.04 Å². The van der Waals surface area contributed by atoms with Crippen molar-refractivity contribution in [1.29, 1.82) is 0 Å². The number of nitrogens with one attached hydrogen (secondary N) is 1. The summed E-state index contributed by atoms with van der Waals surface area (Å²) < 4.78 is 0. The number of piperazine rings is 1. The lowest BCUT2D eigenvalue weighted by Gasteiger charge is -2.40. The Balaban J connectivity index is 0.984. The SMILES string of the molecule is O=C1CCC(N2Cc3cc(-c4ccc(CN5CCN(C(c6ccccc6)c6ccccc6)CC5)cc4)ccc3C2=O)C(=O)N1. The van der Waals surface area contributed by atoms with Crippen LogP contribution in [0.1, 0.15) is 51.5 Å². The zero-order valence-corrected chi connectivity index (χ0v) is 24.7. The van der Waals surface area contributed by atoms with Crippen molar-refractivity contribution in [2.45, 2.75) is 38.0 Å². The van der Waals surface area contributed by atoms with Crippen LogP contribution in [0.25, 0.3) is 11.1 Å². The van der Waals surface area contributed by atoms with E-state index in [4.69, 9.17) is 0 Å². The molecule has 3 heterocycles. The number of nitrogens with zero attached hydrogens (tertiary/aromatic N) is 3. The van der Waals surface area contributed by atoms with Gasteiger partial charge in [-0.25, -0.2) is 0 Å². The van der Waals surface area contributed by atoms with Gasteiger partial charge in [-0.2, -0.15) is 0 Å². The van der Waals surface area contributed by atoms with Crippen molar-refractivity contribution in [1.82, 2.24) is 20.0 Å². The monoisotopic (exact) mass is 584 g/mol. The first-order valence-electron chi connectivity index (χ1n) is 15.5. The van der Waals surface area contributed by atoms with E-state index in [9.17, 15) is 14.4 Å². The van der Waals surface area contributed by atoms with Crippen molar-refractivity contribution in [3.05, 3.63) is 131 Å². The Morgan fingerprint density at radius 2 is 1.36 bits per heavy atom. The van der Waals surface area contributed by atoms with Crippen LogP contribution in [0.15, 0.2) is 103 Å². The van der Waals surface area contributed by atoms with Gasteiger partial charge in [0, 0.05) is 51.3 Å². The number of fused-ring (bicyclic) bond motifs is 1. The van der Waals surface area contributed by atoms with E-state index in [1.165, 1.54) is 16.7 Å². The Labute approximate surface area is 258 Å². The van der Waals surface area contributed by atoms with Gasteiger partial charge in [0.25, 0.3) is 5.91 Å². The molecule has 1 N–H and O–H groups in total. The summed E-state index contributed by atoms with van der Waals surface area (Å²) in [6.07, 6.45) is 0.625. The summed E-state index contributed by atoms with van der Waals surface area (Å²) in [4.78, 5) is 43.7. The maximum Gasteiger partial charge on any atom is 0.255 e. The van der Waals surface area contributed by atoms with E-state index in [0.717, 1.165) is 49.4 Å². The number of amides is 3. The molecule has 0 radical (unpaired) electrons. The summed E-state index contributed by atoms with van der Waals surface area (Å²) >= 11 is 0. The molecule has 1 atom stereocenters. The zero-order valence-electron chi connectivity index (χ0n) is 24.7. The van der Waals surface area contributed by atoms with Crippen molar-refractivity contribution >= 4 is 17.7 Å². The van der Waals surface area contributed by atoms with Gasteiger partial charge in [-0.05, 0) is 51.9 Å². The first-order chi connectivity index (χ1) is 21.5. The van der Waals surface area contributed by atoms with Gasteiger partial charge in [0.1, 0.15) is 6.04 Å². The lowest BCUT2D eigenvalue weighted by molar-refractivity contribution is -0.136. The Bertz CT molecular complexity index is 1630. The quantitative estimate of drug-likeness (QED) is 0.309. The molecule has 3 amide bonds. The average molecular weight is 585 g/mol. The fraction of sp³-hybridized carbons (Fsp3) is 0.270. The molecule has 4 aromatic carbocycles. The average Bonchev–Trinajstić information content (AvgIpc) is 3.38. The highest BCUT2D eigenvalue weighted by Gasteiger charge is 2.39. The minimum absolute atomic E-state index is 0.143. The lowest BCUT2D eigenvalue weighted by atomic mass is 9.96. The van der Waals surface area contributed by atoms with Crippen molar-refractivity contribution in [3.8, 4) is 11.1 Å². The molecule has 3 aliphatic rings. The van der Waals surface area contributed by atoms with E-state index in [2.05, 4.69) is 106 Å². The minimum atomic E-state index is -0.597. The molecule has 0 saturated carbocycles. The van der Waals surface area contributed by atoms with E-state index in [1.807, 2.05) is 12.1 Å². The third-order valence-corrected chi connectivity index (χ3v) is 9.22. The van der Waals surface area contributed by atoms with E-state index >= 15 is 0 Å². The molecular weight excluding hydrogens is 548 g/mol. The van der Waals surface area contributed by atoms with E-state index in [-0.39, 0.29) is 30.2 Å². The second kappa shape index (κ2) is 12.2. The van der Waals surface area contributed by atoms with Gasteiger partial charge < -0.3 is 4.90 Å². The third-order valence-electron chi connectivity index (χ3n) is 9.22. The van der Waals surface area contributed by atoms with Crippen molar-refractivity contribution in [2.75, 3.05) is 26.2 Å². The predicted molar refractivity (Wildman–Crippen MR) is 170 cm³/mol. The van der Waals surface area contributed by atoms with Crippen LogP contribution in [0, 0.1) is 0 Å². The molecule has 4 aromatic rings. The maximum atomic E-state index is 13.1. The standard InChI is InChI=1S/C37H36N4O3/c42-34-18-17-33(36(43)38-34)41-25-31-23-30(15-16-32(31)37(41)44)27-13-11-26(12-14-27)24-39-19-21-40(22-20-39)35(28-7-3-1-4-8-28)29-9-5-2-6-10-29/h1-16,23,33,35H,17-22,24-25H2,(H,38,42,43). The number of hydrogen-bond donors (Lipinski definition) is 1. The Hall–Kier alpha value is -4.59. The van der Waals surface area contributed by atoms with Crippen LogP contribution in [0.4, 0.5) is 0 Å². The third kappa shape index (κ3) is 5.68. The Kier molecular flexibility index (Phi) is 7.81. The van der Waals surface area contributed by atoms with Crippen LogP contribution in [-0.4, -0.2) is 64.6 Å². The summed E-state index contributed by atoms with van der Waals surface area (Å²) in [6.45, 7) is 5.34. The van der Waals surface area contributed by atoms with Gasteiger partial charge in [0.2, 0.25) is 11.8 Å². The van der Waals surface area contributed by atoms with Gasteiger partial charge in [-0.1, -0.05) is 91.0 Å². The molecule has 2 fully saturated rings. The minimum Gasteiger partial charge on any atom is -0.322 e. The van der Waals surface area contributed by atoms with Crippen LogP contribution in [-0.2, 0) is 22.7 Å². The van der Waals surface area contributed by atoms with E-state index in [0.29, 0.717) is 18.5 Å². The van der Waals surface area contributed by atoms with Gasteiger partial charge in [-0.15, -0.1) is 0 Å². The molecule has 0 aliphatic carbocycles. The summed E-state index contributed by atoms with van der Waals surface area (Å²) in [5.41, 5.74) is 7.66.